The van der Waals surface area contributed by atoms with E-state index < -0.39 is 0 Å². The molecule has 1 aromatic rings. The summed E-state index contributed by atoms with van der Waals surface area (Å²) in [4.78, 5) is 14.2. The first-order valence-corrected chi connectivity index (χ1v) is 7.40. The van der Waals surface area contributed by atoms with Gasteiger partial charge in [-0.25, -0.2) is 0 Å². The lowest BCUT2D eigenvalue weighted by molar-refractivity contribution is -0.117. The van der Waals surface area contributed by atoms with Gasteiger partial charge in [-0.3, -0.25) is 9.69 Å². The summed E-state index contributed by atoms with van der Waals surface area (Å²) in [5.74, 6) is -0.0596. The number of carbonyl (C=O) groups excluding carboxylic acids is 1. The number of nitrogens with zero attached hydrogens (tertiary/aromatic N) is 1. The van der Waals surface area contributed by atoms with Crippen molar-refractivity contribution in [3.63, 3.8) is 0 Å². The van der Waals surface area contributed by atoms with Gasteiger partial charge in [0.2, 0.25) is 5.91 Å². The summed E-state index contributed by atoms with van der Waals surface area (Å²) >= 11 is 6.02. The zero-order valence-electron chi connectivity index (χ0n) is 11.7. The van der Waals surface area contributed by atoms with Crippen molar-refractivity contribution < 1.29 is 9.90 Å². The smallest absolute Gasteiger partial charge is 0.238 e. The topological polar surface area (TPSA) is 52.6 Å². The van der Waals surface area contributed by atoms with Gasteiger partial charge in [-0.1, -0.05) is 23.7 Å². The van der Waals surface area contributed by atoms with Crippen molar-refractivity contribution in [1.29, 1.82) is 0 Å². The molecule has 0 spiro atoms. The van der Waals surface area contributed by atoms with Crippen LogP contribution in [-0.4, -0.2) is 41.1 Å². The van der Waals surface area contributed by atoms with Gasteiger partial charge in [-0.2, -0.15) is 0 Å². The number of halogens is 1. The Morgan fingerprint density at radius 2 is 2.30 bits per heavy atom. The number of hydrogen-bond donors (Lipinski definition) is 2. The molecule has 1 fully saturated rings. The summed E-state index contributed by atoms with van der Waals surface area (Å²) in [6, 6.07) is 7.51. The van der Waals surface area contributed by atoms with Crippen molar-refractivity contribution in [2.24, 2.45) is 0 Å². The van der Waals surface area contributed by atoms with Gasteiger partial charge in [0.25, 0.3) is 0 Å². The standard InChI is InChI=1S/C15H21ClN2O2/c1-11(19)9-12-5-4-8-18(12)10-15(20)17-14-7-3-2-6-13(14)16/h2-3,6-7,11-12,19H,4-5,8-10H2,1H3,(H,17,20). The molecular weight excluding hydrogens is 276 g/mol. The zero-order valence-corrected chi connectivity index (χ0v) is 12.4. The predicted octanol–water partition coefficient (Wildman–Crippen LogP) is 2.51. The highest BCUT2D eigenvalue weighted by atomic mass is 35.5. The lowest BCUT2D eigenvalue weighted by atomic mass is 10.1. The van der Waals surface area contributed by atoms with Gasteiger partial charge < -0.3 is 10.4 Å². The van der Waals surface area contributed by atoms with Gasteiger partial charge in [0.15, 0.2) is 0 Å². The first kappa shape index (κ1) is 15.3. The molecule has 1 aliphatic rings. The number of anilines is 1. The fourth-order valence-electron chi connectivity index (χ4n) is 2.70. The fraction of sp³-hybridized carbons (Fsp3) is 0.533. The van der Waals surface area contributed by atoms with Gasteiger partial charge in [0.05, 0.1) is 23.4 Å². The minimum absolute atomic E-state index is 0.0596. The van der Waals surface area contributed by atoms with Crippen LogP contribution >= 0.6 is 11.6 Å². The van der Waals surface area contributed by atoms with Crippen LogP contribution in [0.15, 0.2) is 24.3 Å². The van der Waals surface area contributed by atoms with Gasteiger partial charge in [0.1, 0.15) is 0 Å². The van der Waals surface area contributed by atoms with Crippen LogP contribution in [0.5, 0.6) is 0 Å². The first-order valence-electron chi connectivity index (χ1n) is 7.02. The molecule has 1 aliphatic heterocycles. The van der Waals surface area contributed by atoms with Crippen LogP contribution in [-0.2, 0) is 4.79 Å². The maximum atomic E-state index is 12.1. The molecule has 5 heteroatoms. The number of likely N-dealkylation sites (tertiary alicyclic amines) is 1. The Morgan fingerprint density at radius 1 is 1.55 bits per heavy atom. The van der Waals surface area contributed by atoms with E-state index in [1.807, 2.05) is 12.1 Å². The highest BCUT2D eigenvalue weighted by Gasteiger charge is 2.27. The third-order valence-electron chi connectivity index (χ3n) is 3.61. The SMILES string of the molecule is CC(O)CC1CCCN1CC(=O)Nc1ccccc1Cl. The third kappa shape index (κ3) is 4.20. The summed E-state index contributed by atoms with van der Waals surface area (Å²) < 4.78 is 0. The lowest BCUT2D eigenvalue weighted by Crippen LogP contribution is -2.38. The van der Waals surface area contributed by atoms with Crippen LogP contribution in [0.1, 0.15) is 26.2 Å². The number of carbonyl (C=O) groups is 1. The quantitative estimate of drug-likeness (QED) is 0.878. The van der Waals surface area contributed by atoms with Gasteiger partial charge in [0, 0.05) is 6.04 Å². The van der Waals surface area contributed by atoms with E-state index in [-0.39, 0.29) is 12.0 Å². The largest absolute Gasteiger partial charge is 0.393 e. The Balaban J connectivity index is 1.89. The monoisotopic (exact) mass is 296 g/mol. The molecular formula is C15H21ClN2O2. The van der Waals surface area contributed by atoms with Crippen LogP contribution < -0.4 is 5.32 Å². The van der Waals surface area contributed by atoms with Crippen molar-refractivity contribution in [2.75, 3.05) is 18.4 Å². The van der Waals surface area contributed by atoms with Crippen molar-refractivity contribution in [2.45, 2.75) is 38.3 Å². The Labute approximate surface area is 124 Å². The number of benzene rings is 1. The Morgan fingerprint density at radius 3 is 3.00 bits per heavy atom. The van der Waals surface area contributed by atoms with Crippen LogP contribution in [0.2, 0.25) is 5.02 Å². The average molecular weight is 297 g/mol. The second kappa shape index (κ2) is 7.07. The zero-order chi connectivity index (χ0) is 14.5. The van der Waals surface area contributed by atoms with Gasteiger partial charge in [-0.05, 0) is 44.9 Å². The first-order chi connectivity index (χ1) is 9.56. The maximum Gasteiger partial charge on any atom is 0.238 e. The van der Waals surface area contributed by atoms with E-state index in [0.717, 1.165) is 25.8 Å². The van der Waals surface area contributed by atoms with Crippen molar-refractivity contribution in [1.82, 2.24) is 4.90 Å². The number of para-hydroxylation sites is 1. The molecule has 1 heterocycles. The lowest BCUT2D eigenvalue weighted by Gasteiger charge is -2.24. The number of aliphatic hydroxyl groups excluding tert-OH is 1. The van der Waals surface area contributed by atoms with E-state index in [2.05, 4.69) is 10.2 Å². The van der Waals surface area contributed by atoms with Crippen molar-refractivity contribution in [3.8, 4) is 0 Å². The Bertz CT molecular complexity index is 465. The number of nitrogens with one attached hydrogen (secondary N) is 1. The highest BCUT2D eigenvalue weighted by Crippen LogP contribution is 2.23. The molecule has 2 atom stereocenters. The summed E-state index contributed by atoms with van der Waals surface area (Å²) in [5, 5.41) is 12.9. The van der Waals surface area contributed by atoms with Crippen molar-refractivity contribution >= 4 is 23.2 Å². The van der Waals surface area contributed by atoms with Gasteiger partial charge >= 0.3 is 0 Å². The minimum Gasteiger partial charge on any atom is -0.393 e. The van der Waals surface area contributed by atoms with E-state index in [4.69, 9.17) is 11.6 Å². The molecule has 0 radical (unpaired) electrons. The molecule has 20 heavy (non-hydrogen) atoms. The summed E-state index contributed by atoms with van der Waals surface area (Å²) in [5.41, 5.74) is 0.644. The molecule has 0 saturated carbocycles. The molecule has 0 aromatic heterocycles. The maximum absolute atomic E-state index is 12.1. The Kier molecular flexibility index (Phi) is 5.40. The van der Waals surface area contributed by atoms with Gasteiger partial charge in [-0.15, -0.1) is 0 Å². The van der Waals surface area contributed by atoms with Crippen LogP contribution in [0, 0.1) is 0 Å². The molecule has 4 nitrogen and oxygen atoms in total. The molecule has 2 rings (SSSR count). The van der Waals surface area contributed by atoms with E-state index >= 15 is 0 Å². The predicted molar refractivity (Wildman–Crippen MR) is 81.0 cm³/mol. The summed E-state index contributed by atoms with van der Waals surface area (Å²) in [7, 11) is 0. The van der Waals surface area contributed by atoms with E-state index in [0.29, 0.717) is 23.3 Å². The summed E-state index contributed by atoms with van der Waals surface area (Å²) in [6.45, 7) is 3.05. The normalized spacial score (nSPS) is 20.9. The van der Waals surface area contributed by atoms with Crippen molar-refractivity contribution in [3.05, 3.63) is 29.3 Å². The molecule has 1 amide bonds. The molecule has 0 aliphatic carbocycles. The van der Waals surface area contributed by atoms with Crippen LogP contribution in [0.25, 0.3) is 0 Å². The van der Waals surface area contributed by atoms with Crippen LogP contribution in [0.4, 0.5) is 5.69 Å². The number of aliphatic hydroxyl groups is 1. The Hall–Kier alpha value is -1.10. The second-order valence-corrected chi connectivity index (χ2v) is 5.79. The number of hydrogen-bond acceptors (Lipinski definition) is 3. The molecule has 2 unspecified atom stereocenters. The molecule has 2 N–H and O–H groups in total. The fourth-order valence-corrected chi connectivity index (χ4v) is 2.88. The molecule has 1 saturated heterocycles. The molecule has 110 valence electrons. The van der Waals surface area contributed by atoms with E-state index in [1.165, 1.54) is 0 Å². The minimum atomic E-state index is -0.327. The van der Waals surface area contributed by atoms with E-state index in [1.54, 1.807) is 19.1 Å². The van der Waals surface area contributed by atoms with E-state index in [9.17, 15) is 9.90 Å². The number of rotatable bonds is 5. The number of amides is 1. The average Bonchev–Trinajstić information content (AvgIpc) is 2.78. The molecule has 1 aromatic carbocycles. The van der Waals surface area contributed by atoms with Crippen LogP contribution in [0.3, 0.4) is 0 Å². The highest BCUT2D eigenvalue weighted by molar-refractivity contribution is 6.33. The summed E-state index contributed by atoms with van der Waals surface area (Å²) in [6.07, 6.45) is 2.52. The molecule has 0 bridgehead atoms. The third-order valence-corrected chi connectivity index (χ3v) is 3.94. The second-order valence-electron chi connectivity index (χ2n) is 5.38.